The van der Waals surface area contributed by atoms with Gasteiger partial charge < -0.3 is 56.3 Å². The van der Waals surface area contributed by atoms with Crippen LogP contribution >= 0.6 is 11.8 Å². The molecule has 5 aromatic rings. The van der Waals surface area contributed by atoms with Crippen molar-refractivity contribution in [3.8, 4) is 39.9 Å². The Morgan fingerprint density at radius 1 is 0.694 bits per heavy atom. The smallest absolute Gasteiger partial charge is 0.336 e. The highest BCUT2D eigenvalue weighted by molar-refractivity contribution is 7.99. The van der Waals surface area contributed by atoms with Gasteiger partial charge in [-0.3, -0.25) is 47.8 Å². The average molecular weight is 1180 g/mol. The summed E-state index contributed by atoms with van der Waals surface area (Å²) in [6.07, 6.45) is -0.519. The van der Waals surface area contributed by atoms with Crippen molar-refractivity contribution in [2.75, 3.05) is 46.2 Å². The van der Waals surface area contributed by atoms with Gasteiger partial charge in [0.2, 0.25) is 29.0 Å². The van der Waals surface area contributed by atoms with Crippen LogP contribution in [-0.2, 0) is 28.8 Å². The minimum absolute atomic E-state index is 0.0301. The molecule has 0 bridgehead atoms. The number of aromatic nitrogens is 1. The van der Waals surface area contributed by atoms with Crippen LogP contribution in [0.4, 0.5) is 0 Å². The van der Waals surface area contributed by atoms with Crippen LogP contribution in [0.5, 0.6) is 11.8 Å². The van der Waals surface area contributed by atoms with Crippen molar-refractivity contribution < 1.29 is 78.2 Å². The lowest BCUT2D eigenvalue weighted by Crippen LogP contribution is -2.50. The molecule has 1 aromatic heterocycles. The Morgan fingerprint density at radius 2 is 1.36 bits per heavy atom. The van der Waals surface area contributed by atoms with Gasteiger partial charge in [-0.25, -0.2) is 9.37 Å². The second-order valence-corrected chi connectivity index (χ2v) is 21.4. The minimum Gasteiger partial charge on any atom is -0.494 e. The molecule has 1 aliphatic carbocycles. The molecule has 23 nitrogen and oxygen atoms in total. The van der Waals surface area contributed by atoms with Crippen molar-refractivity contribution in [3.63, 3.8) is 0 Å². The fourth-order valence-corrected chi connectivity index (χ4v) is 10.4. The first-order chi connectivity index (χ1) is 40.5. The van der Waals surface area contributed by atoms with Gasteiger partial charge >= 0.3 is 23.9 Å². The molecule has 0 spiro atoms. The minimum atomic E-state index is -1.42. The third-order valence-electron chi connectivity index (χ3n) is 13.8. The van der Waals surface area contributed by atoms with Crippen molar-refractivity contribution in [1.29, 1.82) is 0 Å². The average Bonchev–Trinajstić information content (AvgIpc) is 1.52. The molecular formula is C61H64N7O16S+. The highest BCUT2D eigenvalue weighted by atomic mass is 32.2. The number of hydrogen-bond acceptors (Lipinski definition) is 14. The van der Waals surface area contributed by atoms with Gasteiger partial charge in [0.15, 0.2) is 11.7 Å². The highest BCUT2D eigenvalue weighted by Crippen LogP contribution is 2.44. The number of thioether (sulfide) groups is 1. The van der Waals surface area contributed by atoms with E-state index in [9.17, 15) is 63.6 Å². The maximum atomic E-state index is 13.9. The molecule has 4 amide bonds. The van der Waals surface area contributed by atoms with Gasteiger partial charge in [0.1, 0.15) is 37.5 Å². The Hall–Kier alpha value is -9.81. The first-order valence-electron chi connectivity index (χ1n) is 26.9. The van der Waals surface area contributed by atoms with Crippen molar-refractivity contribution in [3.05, 3.63) is 148 Å². The number of hydrogen-bond donors (Lipinski definition) is 10. The SMILES string of the molecule is CC(C)c1ccc2c(-c3cc(-n4c(O)cc(SCC(NC(=O)CCC(=O)NCCCCC(C(=O)O)N(CC(=O)O)CC(=O)O)C(=O)NCNC(=O)c5ccc(C(=O)c6ccccc6)cc5)c4O)ccc3C(=O)O)c3ccc(=[N+](C)C)cc-3oc2c1. The van der Waals surface area contributed by atoms with Crippen molar-refractivity contribution in [2.45, 2.75) is 68.8 Å². The molecule has 0 saturated heterocycles. The van der Waals surface area contributed by atoms with Crippen molar-refractivity contribution in [1.82, 2.24) is 35.3 Å². The number of rotatable bonds is 28. The summed E-state index contributed by atoms with van der Waals surface area (Å²) in [4.78, 5) is 115. The number of benzene rings is 5. The zero-order valence-corrected chi connectivity index (χ0v) is 47.6. The van der Waals surface area contributed by atoms with E-state index in [2.05, 4.69) is 21.3 Å². The number of carbonyl (C=O) groups is 9. The molecule has 2 aliphatic rings. The van der Waals surface area contributed by atoms with Crippen LogP contribution in [0.1, 0.15) is 94.1 Å². The fourth-order valence-electron chi connectivity index (χ4n) is 9.39. The summed E-state index contributed by atoms with van der Waals surface area (Å²) in [5.41, 5.74) is 3.89. The molecule has 2 heterocycles. The van der Waals surface area contributed by atoms with Crippen LogP contribution in [-0.4, -0.2) is 152 Å². The summed E-state index contributed by atoms with van der Waals surface area (Å²) in [5, 5.41) is 73.6. The summed E-state index contributed by atoms with van der Waals surface area (Å²) in [5.74, 6) is -9.12. The fraction of sp³-hybridized carbons (Fsp3) is 0.279. The predicted molar refractivity (Wildman–Crippen MR) is 313 cm³/mol. The number of nitrogens with zero attached hydrogens (tertiary/aromatic N) is 3. The molecule has 10 N–H and O–H groups in total. The highest BCUT2D eigenvalue weighted by Gasteiger charge is 2.30. The summed E-state index contributed by atoms with van der Waals surface area (Å²) < 4.78 is 9.47. The molecule has 2 atom stereocenters. The van der Waals surface area contributed by atoms with Crippen LogP contribution in [0.3, 0.4) is 0 Å². The lowest BCUT2D eigenvalue weighted by Gasteiger charge is -2.25. The van der Waals surface area contributed by atoms with E-state index in [0.717, 1.165) is 32.1 Å². The molecule has 0 saturated carbocycles. The van der Waals surface area contributed by atoms with Gasteiger partial charge in [-0.1, -0.05) is 68.4 Å². The second kappa shape index (κ2) is 28.5. The number of fused-ring (bicyclic) bond motifs is 2. The summed E-state index contributed by atoms with van der Waals surface area (Å²) >= 11 is 0.855. The van der Waals surface area contributed by atoms with Crippen molar-refractivity contribution >= 4 is 76.0 Å². The second-order valence-electron chi connectivity index (χ2n) is 20.3. The van der Waals surface area contributed by atoms with Gasteiger partial charge in [0.25, 0.3) is 5.91 Å². The Balaban J connectivity index is 1.08. The molecule has 85 heavy (non-hydrogen) atoms. The van der Waals surface area contributed by atoms with Crippen LogP contribution < -0.4 is 31.2 Å². The third kappa shape index (κ3) is 16.1. The Morgan fingerprint density at radius 3 is 2.01 bits per heavy atom. The topological polar surface area (TPSA) is 347 Å². The first-order valence-corrected chi connectivity index (χ1v) is 27.9. The number of aliphatic carboxylic acids is 3. The maximum Gasteiger partial charge on any atom is 0.336 e. The molecule has 7 rings (SSSR count). The van der Waals surface area contributed by atoms with Gasteiger partial charge in [-0.05, 0) is 78.8 Å². The lowest BCUT2D eigenvalue weighted by atomic mass is 9.89. The van der Waals surface area contributed by atoms with E-state index < -0.39 is 97.5 Å². The largest absolute Gasteiger partial charge is 0.494 e. The number of carboxylic acids is 4. The zero-order chi connectivity index (χ0) is 61.6. The van der Waals surface area contributed by atoms with E-state index in [1.807, 2.05) is 68.9 Å². The molecule has 4 aromatic carbocycles. The first kappa shape index (κ1) is 62.8. The maximum absolute atomic E-state index is 13.9. The van der Waals surface area contributed by atoms with E-state index >= 15 is 0 Å². The molecule has 0 radical (unpaired) electrons. The van der Waals surface area contributed by atoms with Gasteiger partial charge in [0, 0.05) is 70.5 Å². The van der Waals surface area contributed by atoms with E-state index in [0.29, 0.717) is 39.0 Å². The molecule has 1 aliphatic heterocycles. The zero-order valence-electron chi connectivity index (χ0n) is 46.8. The van der Waals surface area contributed by atoms with Gasteiger partial charge in [-0.15, -0.1) is 11.8 Å². The van der Waals surface area contributed by atoms with E-state index in [1.54, 1.807) is 30.3 Å². The van der Waals surface area contributed by atoms with Crippen LogP contribution in [0, 0.1) is 0 Å². The van der Waals surface area contributed by atoms with E-state index in [1.165, 1.54) is 48.5 Å². The molecule has 24 heteroatoms. The van der Waals surface area contributed by atoms with Crippen LogP contribution in [0.15, 0.2) is 125 Å². The van der Waals surface area contributed by atoms with Gasteiger partial charge in [0.05, 0.1) is 42.0 Å². The number of carbonyl (C=O) groups excluding carboxylic acids is 5. The Labute approximate surface area is 490 Å². The summed E-state index contributed by atoms with van der Waals surface area (Å²) in [6, 6.07) is 28.4. The molecule has 444 valence electrons. The normalized spacial score (nSPS) is 11.9. The number of unbranched alkanes of at least 4 members (excludes halogenated alkanes) is 1. The van der Waals surface area contributed by atoms with Crippen molar-refractivity contribution in [2.24, 2.45) is 0 Å². The number of aromatic hydroxyl groups is 2. The molecule has 0 fully saturated rings. The van der Waals surface area contributed by atoms with E-state index in [-0.39, 0.29) is 77.0 Å². The number of carboxylic acid groups (broad SMARTS) is 4. The number of amides is 4. The van der Waals surface area contributed by atoms with E-state index in [4.69, 9.17) is 14.6 Å². The Bertz CT molecular complexity index is 3710. The number of aromatic carboxylic acids is 1. The molecular weight excluding hydrogens is 1120 g/mol. The predicted octanol–water partition coefficient (Wildman–Crippen LogP) is 5.56. The quantitative estimate of drug-likeness (QED) is 0.00716. The molecule has 2 unspecified atom stereocenters. The number of nitrogens with one attached hydrogen (secondary N) is 4. The lowest BCUT2D eigenvalue weighted by molar-refractivity contribution is -0.149. The standard InChI is InChI=1S/C61H63N7O16S/c1-34(2)38-17-20-42-47(26-38)84-48-28-39(66(3)4)18-22-43(48)55(42)44-27-40(19-21-41(44)60(80)81)68-52(71)29-49(59(68)79)85-32-45(58(78)64-33-63-57(77)37-15-13-36(14-16-37)56(76)35-10-6-5-7-11-35)65-51(70)24-23-50(69)62-25-9-8-12-46(61(82)83)67(30-53(72)73)31-54(74)75/h5-7,10-11,13-22,26-29,34,45-46H,8-9,12,23-25,30-33H2,1-4H3,(H9-,62,63,64,65,69,70,71,72,73,74,75,76,77,78,79,80,81,82,83)/p+1. The number of ketones is 1. The monoisotopic (exact) mass is 1180 g/mol. The third-order valence-corrected chi connectivity index (χ3v) is 14.9. The Kier molecular flexibility index (Phi) is 21.0. The summed E-state index contributed by atoms with van der Waals surface area (Å²) in [6.45, 7) is 2.05. The summed E-state index contributed by atoms with van der Waals surface area (Å²) in [7, 11) is 3.76. The van der Waals surface area contributed by atoms with Gasteiger partial charge in [-0.2, -0.15) is 0 Å². The van der Waals surface area contributed by atoms with Crippen LogP contribution in [0.25, 0.3) is 39.1 Å². The van der Waals surface area contributed by atoms with Crippen LogP contribution in [0.2, 0.25) is 0 Å².